The maximum atomic E-state index is 12.1. The monoisotopic (exact) mass is 326 g/mol. The summed E-state index contributed by atoms with van der Waals surface area (Å²) in [6.07, 6.45) is 6.61. The third kappa shape index (κ3) is 4.83. The second kappa shape index (κ2) is 8.32. The Morgan fingerprint density at radius 3 is 2.23 bits per heavy atom. The molecule has 124 valence electrons. The number of carbonyl (C=O) groups is 1. The van der Waals surface area contributed by atoms with E-state index in [-0.39, 0.29) is 4.90 Å². The highest BCUT2D eigenvalue weighted by atomic mass is 32.2. The summed E-state index contributed by atoms with van der Waals surface area (Å²) in [5, 5.41) is 0. The van der Waals surface area contributed by atoms with E-state index in [4.69, 9.17) is 4.74 Å². The number of esters is 1. The quantitative estimate of drug-likeness (QED) is 0.541. The lowest BCUT2D eigenvalue weighted by Crippen LogP contribution is -2.11. The van der Waals surface area contributed by atoms with Gasteiger partial charge in [0.2, 0.25) is 0 Å². The van der Waals surface area contributed by atoms with Crippen LogP contribution in [0.2, 0.25) is 0 Å². The molecule has 0 amide bonds. The van der Waals surface area contributed by atoms with Crippen molar-refractivity contribution in [3.05, 3.63) is 28.8 Å². The first-order chi connectivity index (χ1) is 10.3. The molecule has 0 aliphatic rings. The molecule has 0 unspecified atom stereocenters. The SMILES string of the molecule is CCCCCc1cc(CCC)c(C(=O)OC)cc1S(C)(=O)=O. The number of hydrogen-bond donors (Lipinski definition) is 0. The van der Waals surface area contributed by atoms with Crippen molar-refractivity contribution >= 4 is 15.8 Å². The largest absolute Gasteiger partial charge is 0.465 e. The van der Waals surface area contributed by atoms with Crippen LogP contribution in [-0.4, -0.2) is 27.8 Å². The number of aryl methyl sites for hydroxylation is 2. The van der Waals surface area contributed by atoms with E-state index in [2.05, 4.69) is 6.92 Å². The van der Waals surface area contributed by atoms with Gasteiger partial charge < -0.3 is 4.74 Å². The lowest BCUT2D eigenvalue weighted by atomic mass is 9.97. The van der Waals surface area contributed by atoms with Gasteiger partial charge in [-0.05, 0) is 36.5 Å². The number of hydrogen-bond acceptors (Lipinski definition) is 4. The Kier molecular flexibility index (Phi) is 7.07. The van der Waals surface area contributed by atoms with Crippen LogP contribution in [0.15, 0.2) is 17.0 Å². The molecule has 0 radical (unpaired) electrons. The number of sulfone groups is 1. The predicted octanol–water partition coefficient (Wildman–Crippen LogP) is 3.56. The van der Waals surface area contributed by atoms with Crippen LogP contribution in [0.4, 0.5) is 0 Å². The second-order valence-corrected chi connectivity index (χ2v) is 7.57. The van der Waals surface area contributed by atoms with Gasteiger partial charge in [-0.15, -0.1) is 0 Å². The van der Waals surface area contributed by atoms with E-state index >= 15 is 0 Å². The van der Waals surface area contributed by atoms with Crippen LogP contribution >= 0.6 is 0 Å². The van der Waals surface area contributed by atoms with E-state index < -0.39 is 15.8 Å². The molecule has 0 aliphatic heterocycles. The number of unbranched alkanes of at least 4 members (excludes halogenated alkanes) is 2. The summed E-state index contributed by atoms with van der Waals surface area (Å²) in [6.45, 7) is 4.14. The van der Waals surface area contributed by atoms with Crippen molar-refractivity contribution in [2.45, 2.75) is 57.3 Å². The number of carbonyl (C=O) groups excluding carboxylic acids is 1. The highest BCUT2D eigenvalue weighted by Crippen LogP contribution is 2.25. The van der Waals surface area contributed by atoms with Gasteiger partial charge in [-0.2, -0.15) is 0 Å². The summed E-state index contributed by atoms with van der Waals surface area (Å²) in [7, 11) is -2.06. The fraction of sp³-hybridized carbons (Fsp3) is 0.588. The molecule has 0 bridgehead atoms. The van der Waals surface area contributed by atoms with E-state index in [9.17, 15) is 13.2 Å². The second-order valence-electron chi connectivity index (χ2n) is 5.59. The van der Waals surface area contributed by atoms with E-state index in [0.29, 0.717) is 12.0 Å². The molecule has 0 atom stereocenters. The molecule has 0 heterocycles. The average Bonchev–Trinajstić information content (AvgIpc) is 2.46. The van der Waals surface area contributed by atoms with Crippen molar-refractivity contribution in [2.24, 2.45) is 0 Å². The molecular formula is C17H26O4S. The Hall–Kier alpha value is -1.36. The zero-order valence-corrected chi connectivity index (χ0v) is 14.8. The van der Waals surface area contributed by atoms with Crippen LogP contribution < -0.4 is 0 Å². The van der Waals surface area contributed by atoms with Gasteiger partial charge in [-0.1, -0.05) is 39.2 Å². The van der Waals surface area contributed by atoms with Crippen molar-refractivity contribution in [1.29, 1.82) is 0 Å². The molecule has 1 aromatic carbocycles. The number of benzene rings is 1. The molecule has 0 spiro atoms. The Morgan fingerprint density at radius 2 is 1.73 bits per heavy atom. The Morgan fingerprint density at radius 1 is 1.05 bits per heavy atom. The normalized spacial score (nSPS) is 11.5. The van der Waals surface area contributed by atoms with Gasteiger partial charge in [-0.3, -0.25) is 0 Å². The summed E-state index contributed by atoms with van der Waals surface area (Å²) in [5.74, 6) is -0.478. The molecule has 1 rings (SSSR count). The highest BCUT2D eigenvalue weighted by molar-refractivity contribution is 7.90. The van der Waals surface area contributed by atoms with Gasteiger partial charge in [0.25, 0.3) is 0 Å². The van der Waals surface area contributed by atoms with Crippen LogP contribution in [0.5, 0.6) is 0 Å². The smallest absolute Gasteiger partial charge is 0.338 e. The molecule has 22 heavy (non-hydrogen) atoms. The minimum atomic E-state index is -3.37. The molecule has 0 saturated heterocycles. The van der Waals surface area contributed by atoms with Crippen LogP contribution in [0.3, 0.4) is 0 Å². The summed E-state index contributed by atoms with van der Waals surface area (Å²) in [4.78, 5) is 12.2. The summed E-state index contributed by atoms with van der Waals surface area (Å²) < 4.78 is 28.9. The van der Waals surface area contributed by atoms with Crippen molar-refractivity contribution in [3.8, 4) is 0 Å². The van der Waals surface area contributed by atoms with Gasteiger partial charge in [0.15, 0.2) is 9.84 Å². The first-order valence-corrected chi connectivity index (χ1v) is 9.68. The third-order valence-corrected chi connectivity index (χ3v) is 4.84. The van der Waals surface area contributed by atoms with Crippen molar-refractivity contribution in [2.75, 3.05) is 13.4 Å². The average molecular weight is 326 g/mol. The van der Waals surface area contributed by atoms with E-state index in [1.54, 1.807) is 0 Å². The van der Waals surface area contributed by atoms with Gasteiger partial charge in [-0.25, -0.2) is 13.2 Å². The fourth-order valence-electron chi connectivity index (χ4n) is 2.56. The van der Waals surface area contributed by atoms with E-state index in [0.717, 1.165) is 43.2 Å². The molecule has 1 aromatic rings. The first kappa shape index (κ1) is 18.7. The van der Waals surface area contributed by atoms with Crippen LogP contribution in [-0.2, 0) is 27.4 Å². The Balaban J connectivity index is 3.40. The third-order valence-electron chi connectivity index (χ3n) is 3.66. The number of ether oxygens (including phenoxy) is 1. The number of rotatable bonds is 8. The van der Waals surface area contributed by atoms with Crippen LogP contribution in [0.1, 0.15) is 61.0 Å². The van der Waals surface area contributed by atoms with Gasteiger partial charge in [0, 0.05) is 6.26 Å². The topological polar surface area (TPSA) is 60.4 Å². The van der Waals surface area contributed by atoms with E-state index in [1.165, 1.54) is 19.4 Å². The fourth-order valence-corrected chi connectivity index (χ4v) is 3.53. The van der Waals surface area contributed by atoms with Crippen LogP contribution in [0.25, 0.3) is 0 Å². The van der Waals surface area contributed by atoms with Gasteiger partial charge in [0.1, 0.15) is 0 Å². The van der Waals surface area contributed by atoms with Gasteiger partial charge >= 0.3 is 5.97 Å². The zero-order valence-electron chi connectivity index (χ0n) is 13.9. The lowest BCUT2D eigenvalue weighted by Gasteiger charge is -2.14. The zero-order chi connectivity index (χ0) is 16.8. The number of methoxy groups -OCH3 is 1. The van der Waals surface area contributed by atoms with Gasteiger partial charge in [0.05, 0.1) is 17.6 Å². The maximum Gasteiger partial charge on any atom is 0.338 e. The molecule has 0 fully saturated rings. The standard InChI is InChI=1S/C17H26O4S/c1-5-7-8-10-14-11-13(9-6-2)15(17(18)21-3)12-16(14)22(4,19)20/h11-12H,5-10H2,1-4H3. The minimum absolute atomic E-state index is 0.254. The van der Waals surface area contributed by atoms with E-state index in [1.807, 2.05) is 13.0 Å². The molecular weight excluding hydrogens is 300 g/mol. The molecule has 5 heteroatoms. The Labute approximate surface area is 133 Å². The lowest BCUT2D eigenvalue weighted by molar-refractivity contribution is 0.0599. The van der Waals surface area contributed by atoms with Crippen molar-refractivity contribution in [3.63, 3.8) is 0 Å². The predicted molar refractivity (Wildman–Crippen MR) is 88.1 cm³/mol. The van der Waals surface area contributed by atoms with Crippen LogP contribution in [0, 0.1) is 0 Å². The summed E-state index contributed by atoms with van der Waals surface area (Å²) in [6, 6.07) is 3.37. The highest BCUT2D eigenvalue weighted by Gasteiger charge is 2.20. The molecule has 0 aromatic heterocycles. The van der Waals surface area contributed by atoms with Crippen molar-refractivity contribution in [1.82, 2.24) is 0 Å². The summed E-state index contributed by atoms with van der Waals surface area (Å²) >= 11 is 0. The minimum Gasteiger partial charge on any atom is -0.465 e. The Bertz CT molecular complexity index is 618. The molecule has 0 aliphatic carbocycles. The molecule has 4 nitrogen and oxygen atoms in total. The molecule has 0 N–H and O–H groups in total. The first-order valence-electron chi connectivity index (χ1n) is 7.79. The maximum absolute atomic E-state index is 12.1. The molecule has 0 saturated carbocycles. The van der Waals surface area contributed by atoms with Crippen molar-refractivity contribution < 1.29 is 17.9 Å². The summed E-state index contributed by atoms with van der Waals surface area (Å²) in [5.41, 5.74) is 2.05.